The van der Waals surface area contributed by atoms with Crippen molar-refractivity contribution in [2.45, 2.75) is 30.7 Å². The Morgan fingerprint density at radius 2 is 2.21 bits per heavy atom. The van der Waals surface area contributed by atoms with Crippen LogP contribution in [0, 0.1) is 5.82 Å². The Bertz CT molecular complexity index is 880. The molecule has 0 bridgehead atoms. The van der Waals surface area contributed by atoms with Crippen molar-refractivity contribution < 1.29 is 17.6 Å². The van der Waals surface area contributed by atoms with Crippen molar-refractivity contribution in [3.8, 4) is 0 Å². The minimum Gasteiger partial charge on any atom is -0.352 e. The second kappa shape index (κ2) is 6.45. The van der Waals surface area contributed by atoms with Gasteiger partial charge in [0, 0.05) is 42.5 Å². The number of carbonyl (C=O) groups excluding carboxylic acids is 1. The fourth-order valence-electron chi connectivity index (χ4n) is 2.91. The molecule has 3 rings (SSSR count). The van der Waals surface area contributed by atoms with Gasteiger partial charge in [-0.15, -0.1) is 0 Å². The quantitative estimate of drug-likeness (QED) is 0.909. The van der Waals surface area contributed by atoms with Crippen LogP contribution in [0.1, 0.15) is 19.8 Å². The van der Waals surface area contributed by atoms with Gasteiger partial charge in [-0.3, -0.25) is 9.78 Å². The minimum atomic E-state index is -3.85. The first-order valence-electron chi connectivity index (χ1n) is 7.75. The van der Waals surface area contributed by atoms with Crippen molar-refractivity contribution in [3.05, 3.63) is 36.4 Å². The van der Waals surface area contributed by atoms with E-state index in [1.165, 1.54) is 16.6 Å². The number of aromatic nitrogens is 1. The molecule has 2 heterocycles. The third-order valence-electron chi connectivity index (χ3n) is 4.15. The molecule has 1 aliphatic heterocycles. The van der Waals surface area contributed by atoms with Crippen molar-refractivity contribution in [3.63, 3.8) is 0 Å². The number of nitrogens with one attached hydrogen (secondary N) is 1. The summed E-state index contributed by atoms with van der Waals surface area (Å²) in [5.41, 5.74) is 0. The van der Waals surface area contributed by atoms with Crippen LogP contribution in [0.5, 0.6) is 0 Å². The lowest BCUT2D eigenvalue weighted by Crippen LogP contribution is -2.38. The normalized spacial score (nSPS) is 18.8. The number of carbonyl (C=O) groups is 1. The summed E-state index contributed by atoms with van der Waals surface area (Å²) < 4.78 is 41.3. The molecule has 1 saturated heterocycles. The molecule has 0 radical (unpaired) electrons. The summed E-state index contributed by atoms with van der Waals surface area (Å²) in [7, 11) is -3.85. The Hall–Kier alpha value is -2.06. The Balaban J connectivity index is 1.94. The summed E-state index contributed by atoms with van der Waals surface area (Å²) in [6, 6.07) is 4.38. The van der Waals surface area contributed by atoms with Gasteiger partial charge in [0.1, 0.15) is 0 Å². The van der Waals surface area contributed by atoms with Gasteiger partial charge >= 0.3 is 0 Å². The van der Waals surface area contributed by atoms with Gasteiger partial charge in [0.25, 0.3) is 0 Å². The molecule has 1 fully saturated rings. The first-order valence-corrected chi connectivity index (χ1v) is 9.19. The number of hydrogen-bond donors (Lipinski definition) is 1. The van der Waals surface area contributed by atoms with Gasteiger partial charge in [0.2, 0.25) is 15.9 Å². The molecule has 24 heavy (non-hydrogen) atoms. The summed E-state index contributed by atoms with van der Waals surface area (Å²) in [4.78, 5) is 15.2. The zero-order chi connectivity index (χ0) is 17.3. The topological polar surface area (TPSA) is 79.4 Å². The Kier molecular flexibility index (Phi) is 4.51. The van der Waals surface area contributed by atoms with E-state index in [2.05, 4.69) is 10.3 Å². The number of pyridine rings is 1. The molecule has 128 valence electrons. The number of halogens is 1. The molecule has 8 heteroatoms. The fraction of sp³-hybridized carbons (Fsp3) is 0.375. The van der Waals surface area contributed by atoms with Gasteiger partial charge in [-0.05, 0) is 12.5 Å². The standard InChI is InChI=1S/C16H18FN3O3S/c1-2-15(21)19-12-6-7-20(10-12)24(22,23)14-5-3-4-11-8-18-9-13(17)16(11)14/h3-5,8-9,12H,2,6-7,10H2,1H3,(H,19,21)/t12-/m1/s1. The van der Waals surface area contributed by atoms with Gasteiger partial charge in [0.05, 0.1) is 11.1 Å². The maximum atomic E-state index is 14.2. The Morgan fingerprint density at radius 1 is 1.42 bits per heavy atom. The van der Waals surface area contributed by atoms with Crippen molar-refractivity contribution in [2.75, 3.05) is 13.1 Å². The lowest BCUT2D eigenvalue weighted by molar-refractivity contribution is -0.121. The Labute approximate surface area is 139 Å². The minimum absolute atomic E-state index is 0.0496. The number of rotatable bonds is 4. The first-order chi connectivity index (χ1) is 11.4. The van der Waals surface area contributed by atoms with Crippen LogP contribution in [0.3, 0.4) is 0 Å². The van der Waals surface area contributed by atoms with Gasteiger partial charge in [0.15, 0.2) is 5.82 Å². The zero-order valence-electron chi connectivity index (χ0n) is 13.2. The number of benzene rings is 1. The summed E-state index contributed by atoms with van der Waals surface area (Å²) in [5.74, 6) is -0.775. The molecule has 1 aromatic carbocycles. The number of fused-ring (bicyclic) bond motifs is 1. The van der Waals surface area contributed by atoms with E-state index in [9.17, 15) is 17.6 Å². The summed E-state index contributed by atoms with van der Waals surface area (Å²) in [5, 5.41) is 3.29. The second-order valence-electron chi connectivity index (χ2n) is 5.75. The van der Waals surface area contributed by atoms with E-state index in [1.54, 1.807) is 19.1 Å². The smallest absolute Gasteiger partial charge is 0.243 e. The first kappa shape index (κ1) is 16.8. The number of nitrogens with zero attached hydrogens (tertiary/aromatic N) is 2. The average Bonchev–Trinajstić information content (AvgIpc) is 3.03. The van der Waals surface area contributed by atoms with Crippen molar-refractivity contribution >= 4 is 26.7 Å². The maximum absolute atomic E-state index is 14.2. The van der Waals surface area contributed by atoms with Crippen LogP contribution in [-0.2, 0) is 14.8 Å². The van der Waals surface area contributed by atoms with Crippen LogP contribution in [0.15, 0.2) is 35.5 Å². The fourth-order valence-corrected chi connectivity index (χ4v) is 4.63. The van der Waals surface area contributed by atoms with E-state index >= 15 is 0 Å². The molecular formula is C16H18FN3O3S. The van der Waals surface area contributed by atoms with E-state index < -0.39 is 15.8 Å². The Morgan fingerprint density at radius 3 is 2.96 bits per heavy atom. The van der Waals surface area contributed by atoms with Crippen molar-refractivity contribution in [2.24, 2.45) is 0 Å². The molecule has 1 N–H and O–H groups in total. The van der Waals surface area contributed by atoms with Crippen LogP contribution >= 0.6 is 0 Å². The van der Waals surface area contributed by atoms with Crippen LogP contribution in [0.4, 0.5) is 4.39 Å². The van der Waals surface area contributed by atoms with E-state index in [0.29, 0.717) is 24.8 Å². The molecule has 0 saturated carbocycles. The highest BCUT2D eigenvalue weighted by atomic mass is 32.2. The van der Waals surface area contributed by atoms with Gasteiger partial charge in [-0.1, -0.05) is 19.1 Å². The predicted molar refractivity (Wildman–Crippen MR) is 87.3 cm³/mol. The van der Waals surface area contributed by atoms with Gasteiger partial charge in [-0.25, -0.2) is 12.8 Å². The largest absolute Gasteiger partial charge is 0.352 e. The van der Waals surface area contributed by atoms with Crippen LogP contribution in [-0.4, -0.2) is 42.7 Å². The molecule has 6 nitrogen and oxygen atoms in total. The van der Waals surface area contributed by atoms with E-state index in [1.807, 2.05) is 0 Å². The highest BCUT2D eigenvalue weighted by Crippen LogP contribution is 2.29. The average molecular weight is 351 g/mol. The van der Waals surface area contributed by atoms with Crippen molar-refractivity contribution in [1.82, 2.24) is 14.6 Å². The lowest BCUT2D eigenvalue weighted by Gasteiger charge is -2.18. The van der Waals surface area contributed by atoms with Crippen LogP contribution < -0.4 is 5.32 Å². The molecule has 1 amide bonds. The monoisotopic (exact) mass is 351 g/mol. The van der Waals surface area contributed by atoms with E-state index in [4.69, 9.17) is 0 Å². The van der Waals surface area contributed by atoms with Crippen LogP contribution in [0.2, 0.25) is 0 Å². The van der Waals surface area contributed by atoms with Gasteiger partial charge < -0.3 is 5.32 Å². The number of hydrogen-bond acceptors (Lipinski definition) is 4. The van der Waals surface area contributed by atoms with Crippen LogP contribution in [0.25, 0.3) is 10.8 Å². The van der Waals surface area contributed by atoms with E-state index in [0.717, 1.165) is 6.20 Å². The highest BCUT2D eigenvalue weighted by molar-refractivity contribution is 7.89. The number of sulfonamides is 1. The third kappa shape index (κ3) is 2.99. The maximum Gasteiger partial charge on any atom is 0.243 e. The summed E-state index contributed by atoms with van der Waals surface area (Å²) in [6.45, 7) is 2.23. The molecule has 0 aliphatic carbocycles. The molecule has 0 unspecified atom stereocenters. The van der Waals surface area contributed by atoms with Crippen molar-refractivity contribution in [1.29, 1.82) is 0 Å². The van der Waals surface area contributed by atoms with E-state index in [-0.39, 0.29) is 28.8 Å². The lowest BCUT2D eigenvalue weighted by atomic mass is 10.2. The predicted octanol–water partition coefficient (Wildman–Crippen LogP) is 1.66. The highest BCUT2D eigenvalue weighted by Gasteiger charge is 2.34. The molecule has 1 aliphatic rings. The molecule has 2 aromatic rings. The number of amides is 1. The molecule has 1 aromatic heterocycles. The van der Waals surface area contributed by atoms with Gasteiger partial charge in [-0.2, -0.15) is 4.31 Å². The second-order valence-corrected chi connectivity index (χ2v) is 7.65. The third-order valence-corrected chi connectivity index (χ3v) is 6.06. The summed E-state index contributed by atoms with van der Waals surface area (Å²) in [6.07, 6.45) is 3.34. The zero-order valence-corrected chi connectivity index (χ0v) is 14.0. The molecule has 1 atom stereocenters. The SMILES string of the molecule is CCC(=O)N[C@@H]1CCN(S(=O)(=O)c2cccc3cncc(F)c23)C1. The molecular weight excluding hydrogens is 333 g/mol. The summed E-state index contributed by atoms with van der Waals surface area (Å²) >= 11 is 0. The molecule has 0 spiro atoms.